The zero-order chi connectivity index (χ0) is 21.7. The van der Waals surface area contributed by atoms with Crippen LogP contribution < -0.4 is 4.74 Å². The molecule has 2 aromatic carbocycles. The Balaban J connectivity index is 0.00000228. The van der Waals surface area contributed by atoms with Crippen molar-refractivity contribution in [2.75, 3.05) is 13.1 Å². The summed E-state index contributed by atoms with van der Waals surface area (Å²) in [7, 11) is 1.97. The maximum absolute atomic E-state index is 13.2. The van der Waals surface area contributed by atoms with Gasteiger partial charge in [-0.05, 0) is 18.2 Å². The fourth-order valence-corrected chi connectivity index (χ4v) is 4.91. The zero-order valence-corrected chi connectivity index (χ0v) is 17.8. The summed E-state index contributed by atoms with van der Waals surface area (Å²) in [6.45, 7) is 1.21. The second kappa shape index (κ2) is 7.09. The largest absolute Gasteiger partial charge is 0.482 e. The van der Waals surface area contributed by atoms with Crippen LogP contribution >= 0.6 is 0 Å². The predicted octanol–water partition coefficient (Wildman–Crippen LogP) is 4.25. The number of hydrogen-bond acceptors (Lipinski definition) is 4. The molecule has 0 atom stereocenters. The zero-order valence-electron chi connectivity index (χ0n) is 17.8. The van der Waals surface area contributed by atoms with Gasteiger partial charge in [0.25, 0.3) is 5.91 Å². The predicted molar refractivity (Wildman–Crippen MR) is 122 cm³/mol. The molecule has 32 heavy (non-hydrogen) atoms. The number of nitrogens with zero attached hydrogens (tertiary/aromatic N) is 4. The first-order valence-electron chi connectivity index (χ1n) is 10.9. The van der Waals surface area contributed by atoms with Crippen LogP contribution in [-0.4, -0.2) is 43.9 Å². The molecule has 7 nitrogen and oxygen atoms in total. The topological polar surface area (TPSA) is 76.0 Å². The summed E-state index contributed by atoms with van der Waals surface area (Å²) in [6.07, 6.45) is 3.35. The Morgan fingerprint density at radius 3 is 2.66 bits per heavy atom. The fraction of sp³-hybridized carbons (Fsp3) is 0.240. The summed E-state index contributed by atoms with van der Waals surface area (Å²) in [5.74, 6) is 0.849. The monoisotopic (exact) mass is 427 g/mol. The SMILES string of the molecule is Cn1ncc2c1-c1ccccc1OC21CCN(C(=O)c2cc(-c3ccccc3)n[nH]2)CC1.[HH]. The molecular formula is C25H25N5O2. The lowest BCUT2D eigenvalue weighted by Crippen LogP contribution is -2.49. The number of likely N-dealkylation sites (tertiary alicyclic amines) is 1. The van der Waals surface area contributed by atoms with Crippen LogP contribution in [0.1, 0.15) is 30.3 Å². The van der Waals surface area contributed by atoms with Crippen molar-refractivity contribution < 1.29 is 11.0 Å². The lowest BCUT2D eigenvalue weighted by Gasteiger charge is -2.44. The van der Waals surface area contributed by atoms with Crippen LogP contribution in [0, 0.1) is 0 Å². The smallest absolute Gasteiger partial charge is 0.271 e. The molecule has 162 valence electrons. The number of rotatable bonds is 2. The molecule has 2 aliphatic rings. The van der Waals surface area contributed by atoms with Gasteiger partial charge in [-0.2, -0.15) is 10.2 Å². The molecule has 7 heteroatoms. The fourth-order valence-electron chi connectivity index (χ4n) is 4.91. The minimum absolute atomic E-state index is 0. The molecule has 1 saturated heterocycles. The second-order valence-corrected chi connectivity index (χ2v) is 8.45. The Morgan fingerprint density at radius 1 is 1.09 bits per heavy atom. The van der Waals surface area contributed by atoms with E-state index in [2.05, 4.69) is 21.4 Å². The van der Waals surface area contributed by atoms with Gasteiger partial charge in [0.1, 0.15) is 17.0 Å². The third-order valence-electron chi connectivity index (χ3n) is 6.61. The quantitative estimate of drug-likeness (QED) is 0.519. The highest BCUT2D eigenvalue weighted by molar-refractivity contribution is 5.93. The maximum Gasteiger partial charge on any atom is 0.271 e. The van der Waals surface area contributed by atoms with Crippen LogP contribution in [0.5, 0.6) is 5.75 Å². The van der Waals surface area contributed by atoms with Crippen LogP contribution in [0.15, 0.2) is 66.9 Å². The summed E-state index contributed by atoms with van der Waals surface area (Å²) >= 11 is 0. The number of nitrogens with one attached hydrogen (secondary N) is 1. The van der Waals surface area contributed by atoms with Gasteiger partial charge in [0.15, 0.2) is 0 Å². The summed E-state index contributed by atoms with van der Waals surface area (Å²) in [5, 5.41) is 11.8. The average molecular weight is 428 g/mol. The van der Waals surface area contributed by atoms with Crippen LogP contribution in [0.3, 0.4) is 0 Å². The Kier molecular flexibility index (Phi) is 4.18. The second-order valence-electron chi connectivity index (χ2n) is 8.45. The summed E-state index contributed by atoms with van der Waals surface area (Å²) < 4.78 is 8.51. The molecule has 0 saturated carbocycles. The van der Waals surface area contributed by atoms with Gasteiger partial charge in [-0.15, -0.1) is 0 Å². The molecule has 1 fully saturated rings. The number of hydrogen-bond donors (Lipinski definition) is 1. The first-order chi connectivity index (χ1) is 15.6. The first-order valence-corrected chi connectivity index (χ1v) is 10.9. The molecule has 1 N–H and O–H groups in total. The summed E-state index contributed by atoms with van der Waals surface area (Å²) in [4.78, 5) is 15.0. The van der Waals surface area contributed by atoms with Gasteiger partial charge in [-0.1, -0.05) is 42.5 Å². The van der Waals surface area contributed by atoms with Crippen molar-refractivity contribution in [3.8, 4) is 28.3 Å². The Labute approximate surface area is 187 Å². The number of aryl methyl sites for hydroxylation is 1. The molecule has 0 aliphatic carbocycles. The summed E-state index contributed by atoms with van der Waals surface area (Å²) in [5.41, 5.74) is 5.09. The standard InChI is InChI=1S/C25H23N5O2.H2/c1-29-23-18-9-5-6-10-22(18)32-25(19(23)16-26-29)11-13-30(14-12-25)24(31)21-15-20(27-28-21)17-7-3-2-4-8-17;/h2-10,15-16H,11-14H2,1H3,(H,27,28);1H. The number of para-hydroxylation sites is 1. The number of carbonyl (C=O) groups excluding carboxylic acids is 1. The highest BCUT2D eigenvalue weighted by atomic mass is 16.5. The van der Waals surface area contributed by atoms with Gasteiger partial charge in [-0.25, -0.2) is 0 Å². The lowest BCUT2D eigenvalue weighted by molar-refractivity contribution is -0.00189. The molecule has 0 radical (unpaired) electrons. The highest BCUT2D eigenvalue weighted by Crippen LogP contribution is 2.49. The van der Waals surface area contributed by atoms with E-state index >= 15 is 0 Å². The summed E-state index contributed by atoms with van der Waals surface area (Å²) in [6, 6.07) is 19.8. The number of fused-ring (bicyclic) bond motifs is 4. The van der Waals surface area contributed by atoms with Crippen molar-refractivity contribution in [1.82, 2.24) is 24.9 Å². The van der Waals surface area contributed by atoms with E-state index < -0.39 is 5.60 Å². The third kappa shape index (κ3) is 2.85. The third-order valence-corrected chi connectivity index (χ3v) is 6.61. The van der Waals surface area contributed by atoms with Crippen molar-refractivity contribution in [2.24, 2.45) is 7.05 Å². The van der Waals surface area contributed by atoms with Crippen LogP contribution in [-0.2, 0) is 12.6 Å². The van der Waals surface area contributed by atoms with Gasteiger partial charge in [0.05, 0.1) is 17.6 Å². The Hall–Kier alpha value is -3.87. The number of H-pyrrole nitrogens is 1. The normalized spacial score (nSPS) is 16.3. The van der Waals surface area contributed by atoms with Crippen molar-refractivity contribution in [2.45, 2.75) is 18.4 Å². The molecule has 0 bridgehead atoms. The molecule has 1 spiro atoms. The molecular weight excluding hydrogens is 402 g/mol. The molecule has 2 aromatic heterocycles. The van der Waals surface area contributed by atoms with Crippen molar-refractivity contribution >= 4 is 5.91 Å². The van der Waals surface area contributed by atoms with Crippen LogP contribution in [0.25, 0.3) is 22.5 Å². The number of amides is 1. The van der Waals surface area contributed by atoms with Crippen LogP contribution in [0.4, 0.5) is 0 Å². The van der Waals surface area contributed by atoms with E-state index in [1.54, 1.807) is 0 Å². The first kappa shape index (κ1) is 18.9. The number of piperidine rings is 1. The number of carbonyl (C=O) groups is 1. The highest BCUT2D eigenvalue weighted by Gasteiger charge is 2.46. The van der Waals surface area contributed by atoms with Gasteiger partial charge >= 0.3 is 0 Å². The minimum Gasteiger partial charge on any atom is -0.482 e. The Morgan fingerprint density at radius 2 is 1.84 bits per heavy atom. The Bertz CT molecular complexity index is 1310. The van der Waals surface area contributed by atoms with E-state index in [0.717, 1.165) is 33.8 Å². The van der Waals surface area contributed by atoms with Gasteiger partial charge in [-0.3, -0.25) is 14.6 Å². The van der Waals surface area contributed by atoms with E-state index in [-0.39, 0.29) is 7.33 Å². The van der Waals surface area contributed by atoms with E-state index in [4.69, 9.17) is 4.74 Å². The molecule has 0 unspecified atom stereocenters. The number of benzene rings is 2. The van der Waals surface area contributed by atoms with Crippen molar-refractivity contribution in [3.05, 3.63) is 78.1 Å². The van der Waals surface area contributed by atoms with Gasteiger partial charge < -0.3 is 9.64 Å². The molecule has 2 aliphatic heterocycles. The van der Waals surface area contributed by atoms with Gasteiger partial charge in [0.2, 0.25) is 0 Å². The van der Waals surface area contributed by atoms with E-state index in [0.29, 0.717) is 31.6 Å². The van der Waals surface area contributed by atoms with E-state index in [9.17, 15) is 4.79 Å². The van der Waals surface area contributed by atoms with Gasteiger partial charge in [0, 0.05) is 51.1 Å². The number of aromatic nitrogens is 4. The van der Waals surface area contributed by atoms with E-state index in [1.807, 2.05) is 77.4 Å². The number of ether oxygens (including phenoxy) is 1. The molecule has 4 heterocycles. The maximum atomic E-state index is 13.2. The average Bonchev–Trinajstić information content (AvgIpc) is 3.48. The molecule has 4 aromatic rings. The van der Waals surface area contributed by atoms with E-state index in [1.165, 1.54) is 0 Å². The lowest BCUT2D eigenvalue weighted by atomic mass is 9.81. The minimum atomic E-state index is -0.460. The van der Waals surface area contributed by atoms with Crippen LogP contribution in [0.2, 0.25) is 0 Å². The number of aromatic amines is 1. The molecule has 6 rings (SSSR count). The molecule has 1 amide bonds. The van der Waals surface area contributed by atoms with Crippen molar-refractivity contribution in [3.63, 3.8) is 0 Å². The van der Waals surface area contributed by atoms with Crippen molar-refractivity contribution in [1.29, 1.82) is 0 Å².